The topological polar surface area (TPSA) is 85.7 Å². The van der Waals surface area contributed by atoms with E-state index in [2.05, 4.69) is 40.9 Å². The van der Waals surface area contributed by atoms with E-state index in [1.165, 1.54) is 0 Å². The number of pyridine rings is 1. The van der Waals surface area contributed by atoms with E-state index in [0.29, 0.717) is 6.47 Å². The third kappa shape index (κ3) is 4.14. The summed E-state index contributed by atoms with van der Waals surface area (Å²) in [5.41, 5.74) is 0.511. The highest BCUT2D eigenvalue weighted by molar-refractivity contribution is 9.10. The Morgan fingerprint density at radius 1 is 1.41 bits per heavy atom. The Bertz CT molecular complexity index is 746. The Kier molecular flexibility index (Phi) is 4.92. The molecule has 0 aliphatic carbocycles. The van der Waals surface area contributed by atoms with Gasteiger partial charge in [-0.05, 0) is 48.8 Å². The second-order valence-corrected chi connectivity index (χ2v) is 6.23. The number of nitrogens with zero attached hydrogens (tertiary/aromatic N) is 4. The Labute approximate surface area is 135 Å². The van der Waals surface area contributed by atoms with Gasteiger partial charge in [-0.1, -0.05) is 5.21 Å². The molecule has 0 atom stereocenters. The van der Waals surface area contributed by atoms with Gasteiger partial charge in [-0.3, -0.25) is 4.79 Å². The molecular weight excluding hydrogens is 350 g/mol. The minimum absolute atomic E-state index is 0.318. The number of aromatic nitrogens is 5. The van der Waals surface area contributed by atoms with Crippen molar-refractivity contribution in [2.75, 3.05) is 0 Å². The van der Waals surface area contributed by atoms with Crippen molar-refractivity contribution < 1.29 is 9.53 Å². The Morgan fingerprint density at radius 3 is 2.73 bits per heavy atom. The van der Waals surface area contributed by atoms with Gasteiger partial charge in [0.25, 0.3) is 6.47 Å². The summed E-state index contributed by atoms with van der Waals surface area (Å²) in [5, 5.41) is 8.69. The molecule has 8 heteroatoms. The molecule has 0 aliphatic rings. The van der Waals surface area contributed by atoms with Crippen LogP contribution in [0, 0.1) is 0 Å². The summed E-state index contributed by atoms with van der Waals surface area (Å²) in [7, 11) is 0. The number of aromatic amines is 1. The van der Waals surface area contributed by atoms with Crippen LogP contribution in [0.3, 0.4) is 0 Å². The van der Waals surface area contributed by atoms with E-state index in [4.69, 9.17) is 0 Å². The second kappa shape index (κ2) is 6.69. The fourth-order valence-electron chi connectivity index (χ4n) is 1.58. The van der Waals surface area contributed by atoms with Crippen LogP contribution < -0.4 is 0 Å². The lowest BCUT2D eigenvalue weighted by molar-refractivity contribution is -0.138. The van der Waals surface area contributed by atoms with Gasteiger partial charge < -0.3 is 9.72 Å². The van der Waals surface area contributed by atoms with Crippen LogP contribution in [0.4, 0.5) is 0 Å². The number of nitrogens with one attached hydrogen (secondary N) is 1. The molecule has 0 fully saturated rings. The van der Waals surface area contributed by atoms with Crippen molar-refractivity contribution in [2.24, 2.45) is 0 Å². The van der Waals surface area contributed by atoms with Crippen molar-refractivity contribution in [3.8, 4) is 5.82 Å². The van der Waals surface area contributed by atoms with Crippen LogP contribution in [0.2, 0.25) is 0 Å². The number of fused-ring (bicyclic) bond motifs is 1. The second-order valence-electron chi connectivity index (χ2n) is 5.38. The standard InChI is InChI=1S/C9H6BrN5.C5H10O2/c10-7-5-8(15-4-3-12-14-15)13-9-6(7)1-2-11-9;1-5(2,3)7-4-6/h1-5H,(H,11,13);4H,1-3H3. The molecule has 0 aromatic carbocycles. The first-order chi connectivity index (χ1) is 10.4. The van der Waals surface area contributed by atoms with E-state index in [0.717, 1.165) is 21.3 Å². The van der Waals surface area contributed by atoms with E-state index in [1.807, 2.05) is 39.1 Å². The van der Waals surface area contributed by atoms with Gasteiger partial charge in [-0.15, -0.1) is 5.10 Å². The number of hydrogen-bond donors (Lipinski definition) is 1. The summed E-state index contributed by atoms with van der Waals surface area (Å²) in [6, 6.07) is 3.88. The van der Waals surface area contributed by atoms with Crippen LogP contribution in [-0.4, -0.2) is 37.0 Å². The quantitative estimate of drug-likeness (QED) is 0.705. The summed E-state index contributed by atoms with van der Waals surface area (Å²) in [6.45, 7) is 5.92. The molecule has 3 heterocycles. The molecule has 0 saturated carbocycles. The molecule has 116 valence electrons. The third-order valence-electron chi connectivity index (χ3n) is 2.52. The summed E-state index contributed by atoms with van der Waals surface area (Å²) >= 11 is 3.49. The van der Waals surface area contributed by atoms with E-state index in [1.54, 1.807) is 17.1 Å². The van der Waals surface area contributed by atoms with Crippen molar-refractivity contribution in [3.63, 3.8) is 0 Å². The van der Waals surface area contributed by atoms with Crippen LogP contribution >= 0.6 is 15.9 Å². The Morgan fingerprint density at radius 2 is 2.18 bits per heavy atom. The first-order valence-electron chi connectivity index (χ1n) is 6.52. The zero-order valence-electron chi connectivity index (χ0n) is 12.4. The van der Waals surface area contributed by atoms with Crippen molar-refractivity contribution in [1.29, 1.82) is 0 Å². The average molecular weight is 366 g/mol. The smallest absolute Gasteiger partial charge is 0.293 e. The number of halogens is 1. The Balaban J connectivity index is 0.000000217. The molecule has 0 amide bonds. The van der Waals surface area contributed by atoms with Crippen LogP contribution in [0.5, 0.6) is 0 Å². The van der Waals surface area contributed by atoms with Gasteiger partial charge in [0.15, 0.2) is 5.82 Å². The number of carbonyl (C=O) groups excluding carboxylic acids is 1. The Hall–Kier alpha value is -2.22. The predicted octanol–water partition coefficient (Wildman–Crippen LogP) is 2.86. The number of rotatable bonds is 2. The molecule has 22 heavy (non-hydrogen) atoms. The number of H-pyrrole nitrogens is 1. The minimum Gasteiger partial charge on any atom is -0.462 e. The zero-order chi connectivity index (χ0) is 16.2. The van der Waals surface area contributed by atoms with E-state index in [-0.39, 0.29) is 5.60 Å². The highest BCUT2D eigenvalue weighted by Gasteiger charge is 2.07. The van der Waals surface area contributed by atoms with Gasteiger partial charge in [0.05, 0.1) is 12.4 Å². The first-order valence-corrected chi connectivity index (χ1v) is 7.32. The molecule has 0 aliphatic heterocycles. The maximum atomic E-state index is 9.60. The molecular formula is C14H16BrN5O2. The van der Waals surface area contributed by atoms with Crippen LogP contribution in [0.15, 0.2) is 35.2 Å². The van der Waals surface area contributed by atoms with Crippen molar-refractivity contribution in [1.82, 2.24) is 25.0 Å². The van der Waals surface area contributed by atoms with Gasteiger partial charge in [0.2, 0.25) is 0 Å². The summed E-state index contributed by atoms with van der Waals surface area (Å²) in [4.78, 5) is 17.1. The van der Waals surface area contributed by atoms with Crippen LogP contribution in [0.25, 0.3) is 16.9 Å². The average Bonchev–Trinajstić information content (AvgIpc) is 3.09. The lowest BCUT2D eigenvalue weighted by Gasteiger charge is -2.14. The summed E-state index contributed by atoms with van der Waals surface area (Å²) in [5.74, 6) is 0.731. The SMILES string of the molecule is Brc1cc(-n2ccnn2)nc2[nH]ccc12.CC(C)(C)OC=O. The lowest BCUT2D eigenvalue weighted by atomic mass is 10.2. The maximum Gasteiger partial charge on any atom is 0.293 e. The molecule has 7 nitrogen and oxygen atoms in total. The zero-order valence-corrected chi connectivity index (χ0v) is 14.0. The van der Waals surface area contributed by atoms with Gasteiger partial charge in [-0.2, -0.15) is 0 Å². The largest absolute Gasteiger partial charge is 0.462 e. The fourth-order valence-corrected chi connectivity index (χ4v) is 2.10. The molecule has 0 saturated heterocycles. The van der Waals surface area contributed by atoms with Gasteiger partial charge in [0, 0.05) is 16.1 Å². The number of carbonyl (C=O) groups is 1. The molecule has 3 aromatic heterocycles. The van der Waals surface area contributed by atoms with E-state index < -0.39 is 0 Å². The lowest BCUT2D eigenvalue weighted by Crippen LogP contribution is -2.17. The van der Waals surface area contributed by atoms with E-state index in [9.17, 15) is 4.79 Å². The third-order valence-corrected chi connectivity index (χ3v) is 3.18. The molecule has 0 unspecified atom stereocenters. The molecule has 0 bridgehead atoms. The van der Waals surface area contributed by atoms with Gasteiger partial charge >= 0.3 is 0 Å². The highest BCUT2D eigenvalue weighted by atomic mass is 79.9. The predicted molar refractivity (Wildman–Crippen MR) is 85.6 cm³/mol. The van der Waals surface area contributed by atoms with Gasteiger partial charge in [-0.25, -0.2) is 9.67 Å². The number of hydrogen-bond acceptors (Lipinski definition) is 5. The number of ether oxygens (including phenoxy) is 1. The molecule has 3 rings (SSSR count). The minimum atomic E-state index is -0.318. The molecule has 0 radical (unpaired) electrons. The maximum absolute atomic E-state index is 9.60. The molecule has 1 N–H and O–H groups in total. The molecule has 3 aromatic rings. The van der Waals surface area contributed by atoms with Crippen LogP contribution in [-0.2, 0) is 9.53 Å². The van der Waals surface area contributed by atoms with Crippen LogP contribution in [0.1, 0.15) is 20.8 Å². The summed E-state index contributed by atoms with van der Waals surface area (Å²) in [6.07, 6.45) is 5.23. The monoisotopic (exact) mass is 365 g/mol. The first kappa shape index (κ1) is 16.2. The van der Waals surface area contributed by atoms with Crippen molar-refractivity contribution >= 4 is 33.4 Å². The highest BCUT2D eigenvalue weighted by Crippen LogP contribution is 2.23. The van der Waals surface area contributed by atoms with Gasteiger partial charge in [0.1, 0.15) is 11.2 Å². The van der Waals surface area contributed by atoms with Crippen molar-refractivity contribution in [2.45, 2.75) is 26.4 Å². The van der Waals surface area contributed by atoms with Crippen molar-refractivity contribution in [3.05, 3.63) is 35.2 Å². The summed E-state index contributed by atoms with van der Waals surface area (Å²) < 4.78 is 7.15. The van der Waals surface area contributed by atoms with E-state index >= 15 is 0 Å². The molecule has 0 spiro atoms. The normalized spacial score (nSPS) is 10.9. The fraction of sp³-hybridized carbons (Fsp3) is 0.286.